The molecule has 1 aromatic carbocycles. The molecule has 0 radical (unpaired) electrons. The highest BCUT2D eigenvalue weighted by Crippen LogP contribution is 2.20. The first-order valence-electron chi connectivity index (χ1n) is 6.15. The Morgan fingerprint density at radius 1 is 1.21 bits per heavy atom. The van der Waals surface area contributed by atoms with E-state index in [2.05, 4.69) is 5.32 Å². The third kappa shape index (κ3) is 4.07. The lowest BCUT2D eigenvalue weighted by molar-refractivity contribution is -0.695. The number of nitrogens with zero attached hydrogens (tertiary/aromatic N) is 1. The monoisotopic (exact) mass is 275 g/mol. The zero-order chi connectivity index (χ0) is 13.7. The number of aromatic nitrogens is 1. The molecule has 2 rings (SSSR count). The molecule has 3 nitrogen and oxygen atoms in total. The SMILES string of the molecule is Cc1cc[n+](CCC(=O)Nc2ccccc2Cl)cc1. The summed E-state index contributed by atoms with van der Waals surface area (Å²) in [7, 11) is 0. The van der Waals surface area contributed by atoms with Crippen molar-refractivity contribution in [1.29, 1.82) is 0 Å². The van der Waals surface area contributed by atoms with Crippen LogP contribution in [0, 0.1) is 6.92 Å². The van der Waals surface area contributed by atoms with Gasteiger partial charge in [0.05, 0.1) is 17.1 Å². The number of carbonyl (C=O) groups is 1. The van der Waals surface area contributed by atoms with Crippen molar-refractivity contribution in [3.8, 4) is 0 Å². The molecule has 0 spiro atoms. The number of anilines is 1. The molecule has 1 amide bonds. The second kappa shape index (κ2) is 6.34. The van der Waals surface area contributed by atoms with Crippen LogP contribution in [-0.4, -0.2) is 5.91 Å². The van der Waals surface area contributed by atoms with E-state index < -0.39 is 0 Å². The van der Waals surface area contributed by atoms with Gasteiger partial charge in [-0.25, -0.2) is 4.57 Å². The number of benzene rings is 1. The van der Waals surface area contributed by atoms with Gasteiger partial charge in [0.1, 0.15) is 0 Å². The van der Waals surface area contributed by atoms with Crippen molar-refractivity contribution in [2.24, 2.45) is 0 Å². The summed E-state index contributed by atoms with van der Waals surface area (Å²) in [5, 5.41) is 3.36. The maximum absolute atomic E-state index is 11.8. The van der Waals surface area contributed by atoms with Crippen LogP contribution in [0.25, 0.3) is 0 Å². The van der Waals surface area contributed by atoms with Crippen LogP contribution >= 0.6 is 11.6 Å². The third-order valence-electron chi connectivity index (χ3n) is 2.80. The molecule has 0 saturated heterocycles. The lowest BCUT2D eigenvalue weighted by Gasteiger charge is -2.05. The number of para-hydroxylation sites is 1. The number of rotatable bonds is 4. The lowest BCUT2D eigenvalue weighted by atomic mass is 10.3. The highest BCUT2D eigenvalue weighted by atomic mass is 35.5. The molecule has 1 N–H and O–H groups in total. The van der Waals surface area contributed by atoms with Crippen LogP contribution in [-0.2, 0) is 11.3 Å². The van der Waals surface area contributed by atoms with Crippen LogP contribution < -0.4 is 9.88 Å². The molecule has 2 aromatic rings. The Balaban J connectivity index is 1.88. The summed E-state index contributed by atoms with van der Waals surface area (Å²) in [4.78, 5) is 11.8. The molecular weight excluding hydrogens is 260 g/mol. The number of halogens is 1. The molecule has 0 aliphatic carbocycles. The molecule has 1 aromatic heterocycles. The molecule has 19 heavy (non-hydrogen) atoms. The van der Waals surface area contributed by atoms with Gasteiger partial charge in [0.25, 0.3) is 0 Å². The summed E-state index contributed by atoms with van der Waals surface area (Å²) in [6.07, 6.45) is 4.36. The first-order valence-corrected chi connectivity index (χ1v) is 6.53. The van der Waals surface area contributed by atoms with Gasteiger partial charge in [0.2, 0.25) is 5.91 Å². The van der Waals surface area contributed by atoms with Crippen molar-refractivity contribution in [1.82, 2.24) is 0 Å². The zero-order valence-corrected chi connectivity index (χ0v) is 11.5. The predicted molar refractivity (Wildman–Crippen MR) is 76.1 cm³/mol. The Labute approximate surface area is 117 Å². The summed E-state index contributed by atoms with van der Waals surface area (Å²) < 4.78 is 1.99. The summed E-state index contributed by atoms with van der Waals surface area (Å²) >= 11 is 5.98. The van der Waals surface area contributed by atoms with Gasteiger partial charge in [-0.1, -0.05) is 23.7 Å². The van der Waals surface area contributed by atoms with Gasteiger partial charge in [0.15, 0.2) is 18.9 Å². The van der Waals surface area contributed by atoms with E-state index in [0.29, 0.717) is 23.7 Å². The first kappa shape index (κ1) is 13.6. The summed E-state index contributed by atoms with van der Waals surface area (Å²) in [6, 6.07) is 11.3. The fourth-order valence-corrected chi connectivity index (χ4v) is 1.87. The first-order chi connectivity index (χ1) is 9.15. The standard InChI is InChI=1S/C15H15ClN2O/c1-12-6-9-18(10-7-12)11-8-15(19)17-14-5-3-2-4-13(14)16/h2-7,9-10H,8,11H2,1H3/p+1. The number of aryl methyl sites for hydroxylation is 2. The topological polar surface area (TPSA) is 33.0 Å². The van der Waals surface area contributed by atoms with E-state index in [0.717, 1.165) is 0 Å². The second-order valence-electron chi connectivity index (χ2n) is 4.39. The Kier molecular flexibility index (Phi) is 4.53. The zero-order valence-electron chi connectivity index (χ0n) is 10.8. The van der Waals surface area contributed by atoms with E-state index in [4.69, 9.17) is 11.6 Å². The fourth-order valence-electron chi connectivity index (χ4n) is 1.69. The number of amides is 1. The third-order valence-corrected chi connectivity index (χ3v) is 3.13. The maximum Gasteiger partial charge on any atom is 0.230 e. The Hall–Kier alpha value is -1.87. The highest BCUT2D eigenvalue weighted by Gasteiger charge is 2.08. The van der Waals surface area contributed by atoms with Gasteiger partial charge in [0, 0.05) is 12.1 Å². The molecule has 0 unspecified atom stereocenters. The number of hydrogen-bond donors (Lipinski definition) is 1. The van der Waals surface area contributed by atoms with E-state index in [1.807, 2.05) is 48.1 Å². The van der Waals surface area contributed by atoms with E-state index in [-0.39, 0.29) is 5.91 Å². The quantitative estimate of drug-likeness (QED) is 0.855. The van der Waals surface area contributed by atoms with Crippen molar-refractivity contribution in [3.63, 3.8) is 0 Å². The van der Waals surface area contributed by atoms with Crippen LogP contribution in [0.1, 0.15) is 12.0 Å². The van der Waals surface area contributed by atoms with Crippen LogP contribution in [0.5, 0.6) is 0 Å². The molecule has 0 aliphatic rings. The van der Waals surface area contributed by atoms with Crippen LogP contribution in [0.2, 0.25) is 5.02 Å². The average Bonchev–Trinajstić information content (AvgIpc) is 2.41. The minimum atomic E-state index is -0.0406. The molecule has 1 heterocycles. The number of carbonyl (C=O) groups excluding carboxylic acids is 1. The van der Waals surface area contributed by atoms with Gasteiger partial charge in [-0.2, -0.15) is 0 Å². The molecule has 0 atom stereocenters. The summed E-state index contributed by atoms with van der Waals surface area (Å²) in [5.41, 5.74) is 1.86. The van der Waals surface area contributed by atoms with Crippen molar-refractivity contribution < 1.29 is 9.36 Å². The molecule has 0 bridgehead atoms. The lowest BCUT2D eigenvalue weighted by Crippen LogP contribution is -2.34. The summed E-state index contributed by atoms with van der Waals surface area (Å²) in [6.45, 7) is 2.69. The van der Waals surface area contributed by atoms with E-state index in [9.17, 15) is 4.79 Å². The number of pyridine rings is 1. The van der Waals surface area contributed by atoms with E-state index in [1.165, 1.54) is 5.56 Å². The van der Waals surface area contributed by atoms with Crippen molar-refractivity contribution >= 4 is 23.2 Å². The molecule has 0 fully saturated rings. The van der Waals surface area contributed by atoms with Crippen LogP contribution in [0.3, 0.4) is 0 Å². The molecule has 0 aliphatic heterocycles. The minimum Gasteiger partial charge on any atom is -0.325 e. The minimum absolute atomic E-state index is 0.0406. The van der Waals surface area contributed by atoms with Crippen molar-refractivity contribution in [3.05, 3.63) is 59.4 Å². The summed E-state index contributed by atoms with van der Waals surface area (Å²) in [5.74, 6) is -0.0406. The number of hydrogen-bond acceptors (Lipinski definition) is 1. The molecular formula is C15H16ClN2O+. The smallest absolute Gasteiger partial charge is 0.230 e. The van der Waals surface area contributed by atoms with Gasteiger partial charge in [-0.05, 0) is 24.6 Å². The van der Waals surface area contributed by atoms with Gasteiger partial charge in [-0.3, -0.25) is 4.79 Å². The molecule has 0 saturated carbocycles. The molecule has 4 heteroatoms. The average molecular weight is 276 g/mol. The number of nitrogens with one attached hydrogen (secondary N) is 1. The van der Waals surface area contributed by atoms with E-state index >= 15 is 0 Å². The van der Waals surface area contributed by atoms with Crippen molar-refractivity contribution in [2.45, 2.75) is 19.9 Å². The Morgan fingerprint density at radius 3 is 2.58 bits per heavy atom. The van der Waals surface area contributed by atoms with Gasteiger partial charge >= 0.3 is 0 Å². The van der Waals surface area contributed by atoms with E-state index in [1.54, 1.807) is 12.1 Å². The maximum atomic E-state index is 11.8. The second-order valence-corrected chi connectivity index (χ2v) is 4.80. The largest absolute Gasteiger partial charge is 0.325 e. The van der Waals surface area contributed by atoms with Crippen LogP contribution in [0.15, 0.2) is 48.8 Å². The Bertz CT molecular complexity index is 567. The fraction of sp³-hybridized carbons (Fsp3) is 0.200. The van der Waals surface area contributed by atoms with Gasteiger partial charge in [-0.15, -0.1) is 0 Å². The van der Waals surface area contributed by atoms with Gasteiger partial charge < -0.3 is 5.32 Å². The highest BCUT2D eigenvalue weighted by molar-refractivity contribution is 6.33. The van der Waals surface area contributed by atoms with Crippen LogP contribution in [0.4, 0.5) is 5.69 Å². The molecule has 98 valence electrons. The predicted octanol–water partition coefficient (Wildman–Crippen LogP) is 2.96. The Morgan fingerprint density at radius 2 is 1.89 bits per heavy atom. The normalized spacial score (nSPS) is 10.2. The van der Waals surface area contributed by atoms with Crippen molar-refractivity contribution in [2.75, 3.05) is 5.32 Å².